The number of aryl methyl sites for hydroxylation is 1. The van der Waals surface area contributed by atoms with Crippen molar-refractivity contribution in [1.29, 1.82) is 0 Å². The van der Waals surface area contributed by atoms with Crippen molar-refractivity contribution in [2.45, 2.75) is 30.8 Å². The van der Waals surface area contributed by atoms with E-state index in [4.69, 9.17) is 10.6 Å². The third-order valence-corrected chi connectivity index (χ3v) is 7.52. The number of nitrogens with two attached hydrogens (primary N) is 1. The van der Waals surface area contributed by atoms with E-state index in [1.807, 2.05) is 24.3 Å². The lowest BCUT2D eigenvalue weighted by molar-refractivity contribution is -0.115. The average molecular weight is 522 g/mol. The van der Waals surface area contributed by atoms with Crippen LogP contribution in [0, 0.1) is 0 Å². The van der Waals surface area contributed by atoms with Crippen LogP contribution in [-0.2, 0) is 22.4 Å². The molecule has 3 N–H and O–H groups in total. The first-order valence-corrected chi connectivity index (χ1v) is 12.2. The molecule has 2 heterocycles. The molecule has 162 valence electrons. The number of methoxy groups -OCH3 is 1. The molecule has 2 aromatic heterocycles. The number of thioether (sulfide) groups is 1. The first kappa shape index (κ1) is 21.8. The van der Waals surface area contributed by atoms with Crippen LogP contribution >= 0.6 is 39.0 Å². The molecule has 0 saturated carbocycles. The molecule has 0 radical (unpaired) electrons. The maximum atomic E-state index is 12.5. The number of fused-ring (bicyclic) bond motifs is 1. The van der Waals surface area contributed by atoms with Gasteiger partial charge in [-0.1, -0.05) is 39.8 Å². The summed E-state index contributed by atoms with van der Waals surface area (Å²) < 4.78 is 7.26. The Labute approximate surface area is 195 Å². The molecule has 0 atom stereocenters. The van der Waals surface area contributed by atoms with Gasteiger partial charge < -0.3 is 15.9 Å². The largest absolute Gasteiger partial charge is 0.465 e. The van der Waals surface area contributed by atoms with Crippen molar-refractivity contribution in [2.24, 2.45) is 0 Å². The van der Waals surface area contributed by atoms with Crippen LogP contribution in [0.1, 0.15) is 33.6 Å². The normalized spacial score (nSPS) is 12.6. The Hall–Kier alpha value is -2.37. The van der Waals surface area contributed by atoms with Crippen molar-refractivity contribution in [3.05, 3.63) is 44.7 Å². The highest BCUT2D eigenvalue weighted by Gasteiger charge is 2.28. The van der Waals surface area contributed by atoms with Crippen molar-refractivity contribution < 1.29 is 14.3 Å². The molecule has 1 aromatic carbocycles. The summed E-state index contributed by atoms with van der Waals surface area (Å²) in [4.78, 5) is 25.9. The van der Waals surface area contributed by atoms with Gasteiger partial charge in [0.15, 0.2) is 5.82 Å². The highest BCUT2D eigenvalue weighted by molar-refractivity contribution is 9.10. The monoisotopic (exact) mass is 521 g/mol. The second-order valence-corrected chi connectivity index (χ2v) is 9.97. The lowest BCUT2D eigenvalue weighted by Gasteiger charge is -2.07. The minimum absolute atomic E-state index is 0.173. The fourth-order valence-electron chi connectivity index (χ4n) is 3.43. The number of halogens is 1. The molecule has 4 rings (SSSR count). The number of thiophene rings is 1. The summed E-state index contributed by atoms with van der Waals surface area (Å²) >= 11 is 6.25. The van der Waals surface area contributed by atoms with Crippen molar-refractivity contribution in [3.63, 3.8) is 0 Å². The summed E-state index contributed by atoms with van der Waals surface area (Å²) in [5.41, 5.74) is 2.36. The fraction of sp³-hybridized carbons (Fsp3) is 0.300. The first-order valence-electron chi connectivity index (χ1n) is 9.60. The lowest BCUT2D eigenvalue weighted by Crippen LogP contribution is -2.15. The number of hydrogen-bond donors (Lipinski definition) is 2. The molecule has 8 nitrogen and oxygen atoms in total. The number of anilines is 1. The van der Waals surface area contributed by atoms with Gasteiger partial charge in [0, 0.05) is 27.1 Å². The van der Waals surface area contributed by atoms with Crippen LogP contribution in [-0.4, -0.2) is 39.6 Å². The molecule has 0 fully saturated rings. The molecule has 0 unspecified atom stereocenters. The Morgan fingerprint density at radius 3 is 2.97 bits per heavy atom. The number of benzene rings is 1. The third-order valence-electron chi connectivity index (χ3n) is 4.87. The number of esters is 1. The van der Waals surface area contributed by atoms with Crippen molar-refractivity contribution in [3.8, 4) is 11.4 Å². The predicted molar refractivity (Wildman–Crippen MR) is 125 cm³/mol. The van der Waals surface area contributed by atoms with E-state index in [0.29, 0.717) is 27.3 Å². The Kier molecular flexibility index (Phi) is 6.63. The number of carbonyl (C=O) groups is 2. The lowest BCUT2D eigenvalue weighted by atomic mass is 10.1. The molecule has 0 bridgehead atoms. The third kappa shape index (κ3) is 4.63. The molecule has 11 heteroatoms. The van der Waals surface area contributed by atoms with Gasteiger partial charge in [0.1, 0.15) is 5.00 Å². The molecule has 0 aliphatic heterocycles. The highest BCUT2D eigenvalue weighted by atomic mass is 79.9. The van der Waals surface area contributed by atoms with Crippen LogP contribution in [0.15, 0.2) is 33.9 Å². The summed E-state index contributed by atoms with van der Waals surface area (Å²) in [5, 5.41) is 12.3. The van der Waals surface area contributed by atoms with Gasteiger partial charge in [-0.05, 0) is 37.0 Å². The van der Waals surface area contributed by atoms with E-state index >= 15 is 0 Å². The number of nitrogen functional groups attached to an aromatic ring is 1. The van der Waals surface area contributed by atoms with Gasteiger partial charge in [-0.25, -0.2) is 9.47 Å². The van der Waals surface area contributed by atoms with Gasteiger partial charge >= 0.3 is 5.97 Å². The van der Waals surface area contributed by atoms with Crippen molar-refractivity contribution in [2.75, 3.05) is 24.0 Å². The number of carbonyl (C=O) groups excluding carboxylic acids is 2. The molecular formula is C20H20BrN5O3S2. The van der Waals surface area contributed by atoms with Crippen molar-refractivity contribution in [1.82, 2.24) is 14.9 Å². The zero-order chi connectivity index (χ0) is 22.0. The van der Waals surface area contributed by atoms with Crippen LogP contribution < -0.4 is 11.2 Å². The first-order chi connectivity index (χ1) is 15.0. The summed E-state index contributed by atoms with van der Waals surface area (Å²) in [7, 11) is 1.36. The molecule has 0 spiro atoms. The van der Waals surface area contributed by atoms with E-state index in [9.17, 15) is 9.59 Å². The van der Waals surface area contributed by atoms with Crippen LogP contribution in [0.5, 0.6) is 0 Å². The second kappa shape index (κ2) is 9.41. The molecule has 31 heavy (non-hydrogen) atoms. The van der Waals surface area contributed by atoms with E-state index in [2.05, 4.69) is 31.4 Å². The molecule has 0 saturated heterocycles. The second-order valence-electron chi connectivity index (χ2n) is 6.89. The summed E-state index contributed by atoms with van der Waals surface area (Å²) in [6, 6.07) is 7.63. The standard InChI is InChI=1S/C20H20BrN5O3S2/c1-29-19(28)16-13-6-3-7-14(13)31-18(16)23-15(27)8-9-30-20-25-24-17(26(20)22)11-4-2-5-12(21)10-11/h2,4-5,10H,3,6-9,22H2,1H3,(H,23,27). The van der Waals surface area contributed by atoms with E-state index < -0.39 is 5.97 Å². The van der Waals surface area contributed by atoms with E-state index in [1.54, 1.807) is 0 Å². The van der Waals surface area contributed by atoms with Crippen molar-refractivity contribution >= 4 is 55.9 Å². The van der Waals surface area contributed by atoms with Crippen LogP contribution in [0.2, 0.25) is 0 Å². The van der Waals surface area contributed by atoms with E-state index in [0.717, 1.165) is 39.7 Å². The van der Waals surface area contributed by atoms with Crippen LogP contribution in [0.4, 0.5) is 5.00 Å². The maximum absolute atomic E-state index is 12.5. The molecular weight excluding hydrogens is 502 g/mol. The van der Waals surface area contributed by atoms with Gasteiger partial charge in [0.2, 0.25) is 11.1 Å². The minimum atomic E-state index is -0.402. The Balaban J connectivity index is 1.37. The summed E-state index contributed by atoms with van der Waals surface area (Å²) in [6.45, 7) is 0. The Morgan fingerprint density at radius 1 is 1.35 bits per heavy atom. The fourth-order valence-corrected chi connectivity index (χ4v) is 5.92. The predicted octanol–water partition coefficient (Wildman–Crippen LogP) is 3.88. The molecule has 1 aliphatic rings. The van der Waals surface area contributed by atoms with E-state index in [-0.39, 0.29) is 12.3 Å². The van der Waals surface area contributed by atoms with Gasteiger partial charge in [0.25, 0.3) is 0 Å². The van der Waals surface area contributed by atoms with Gasteiger partial charge in [-0.15, -0.1) is 21.5 Å². The maximum Gasteiger partial charge on any atom is 0.341 e. The molecule has 1 aliphatic carbocycles. The van der Waals surface area contributed by atoms with Gasteiger partial charge in [0.05, 0.1) is 12.7 Å². The number of ether oxygens (including phenoxy) is 1. The molecule has 3 aromatic rings. The topological polar surface area (TPSA) is 112 Å². The number of amides is 1. The average Bonchev–Trinajstić information content (AvgIpc) is 3.42. The quantitative estimate of drug-likeness (QED) is 0.275. The molecule has 1 amide bonds. The van der Waals surface area contributed by atoms with E-state index in [1.165, 1.54) is 34.9 Å². The number of nitrogens with zero attached hydrogens (tertiary/aromatic N) is 3. The van der Waals surface area contributed by atoms with Gasteiger partial charge in [-0.2, -0.15) is 0 Å². The van der Waals surface area contributed by atoms with Crippen LogP contribution in [0.25, 0.3) is 11.4 Å². The smallest absolute Gasteiger partial charge is 0.341 e. The zero-order valence-electron chi connectivity index (χ0n) is 16.7. The number of nitrogens with one attached hydrogen (secondary N) is 1. The minimum Gasteiger partial charge on any atom is -0.465 e. The Bertz CT molecular complexity index is 1140. The zero-order valence-corrected chi connectivity index (χ0v) is 19.9. The summed E-state index contributed by atoms with van der Waals surface area (Å²) in [6.07, 6.45) is 3.04. The number of rotatable bonds is 7. The van der Waals surface area contributed by atoms with Crippen LogP contribution in [0.3, 0.4) is 0 Å². The SMILES string of the molecule is COC(=O)c1c(NC(=O)CCSc2nnc(-c3cccc(Br)c3)n2N)sc2c1CCC2. The van der Waals surface area contributed by atoms with Gasteiger partial charge in [-0.3, -0.25) is 4.79 Å². The Morgan fingerprint density at radius 2 is 2.19 bits per heavy atom. The number of hydrogen-bond acceptors (Lipinski definition) is 8. The number of aromatic nitrogens is 3. The highest BCUT2D eigenvalue weighted by Crippen LogP contribution is 2.39. The summed E-state index contributed by atoms with van der Waals surface area (Å²) in [5.74, 6) is 6.58.